The monoisotopic (exact) mass is 409 g/mol. The number of rotatable bonds is 5. The molecule has 144 valence electrons. The number of carbonyl (C=O) groups excluding carboxylic acids is 2. The Labute approximate surface area is 167 Å². The first-order valence-corrected chi connectivity index (χ1v) is 9.54. The molecule has 1 heterocycles. The molecule has 3 N–H and O–H groups in total. The molecule has 2 aromatic rings. The maximum Gasteiger partial charge on any atom is 0.291 e. The predicted molar refractivity (Wildman–Crippen MR) is 103 cm³/mol. The highest BCUT2D eigenvalue weighted by Gasteiger charge is 2.41. The van der Waals surface area contributed by atoms with E-state index in [1.165, 1.54) is 4.68 Å². The summed E-state index contributed by atoms with van der Waals surface area (Å²) in [6.45, 7) is 3.85. The van der Waals surface area contributed by atoms with Gasteiger partial charge in [0.25, 0.3) is 5.91 Å². The number of carbonyl (C=O) groups is 2. The van der Waals surface area contributed by atoms with Crippen LogP contribution in [0.4, 0.5) is 0 Å². The molecule has 9 heteroatoms. The van der Waals surface area contributed by atoms with Gasteiger partial charge in [-0.2, -0.15) is 0 Å². The highest BCUT2D eigenvalue weighted by Crippen LogP contribution is 2.31. The third-order valence-electron chi connectivity index (χ3n) is 4.78. The molecule has 27 heavy (non-hydrogen) atoms. The van der Waals surface area contributed by atoms with E-state index in [2.05, 4.69) is 15.4 Å². The molecule has 1 aromatic carbocycles. The number of nitrogens with one attached hydrogen (secondary N) is 1. The highest BCUT2D eigenvalue weighted by molar-refractivity contribution is 6.37. The summed E-state index contributed by atoms with van der Waals surface area (Å²) in [7, 11) is 0. The first kappa shape index (κ1) is 19.6. The maximum absolute atomic E-state index is 12.8. The molecule has 2 amide bonds. The van der Waals surface area contributed by atoms with Gasteiger partial charge in [-0.3, -0.25) is 9.59 Å². The van der Waals surface area contributed by atoms with Crippen LogP contribution in [0.2, 0.25) is 10.0 Å². The molecule has 0 aliphatic heterocycles. The van der Waals surface area contributed by atoms with Crippen molar-refractivity contribution in [3.63, 3.8) is 0 Å². The van der Waals surface area contributed by atoms with Crippen molar-refractivity contribution >= 4 is 35.0 Å². The van der Waals surface area contributed by atoms with Crippen molar-refractivity contribution in [2.75, 3.05) is 0 Å². The molecule has 0 radical (unpaired) electrons. The van der Waals surface area contributed by atoms with Gasteiger partial charge in [-0.05, 0) is 25.0 Å². The standard InChI is InChI=1S/C18H21Cl2N5O2/c1-10(2)15-22-14(16(26)23-18(17(21)27)8-3-4-9-18)24-25(15)13-11(19)6-5-7-12(13)20/h5-7,10H,3-4,8-9H2,1-2H3,(H2,21,27)(H,23,26). The molecule has 0 saturated heterocycles. The summed E-state index contributed by atoms with van der Waals surface area (Å²) in [6, 6.07) is 5.11. The van der Waals surface area contributed by atoms with Crippen molar-refractivity contribution in [2.24, 2.45) is 5.73 Å². The number of nitrogens with two attached hydrogens (primary N) is 1. The number of primary amides is 1. The summed E-state index contributed by atoms with van der Waals surface area (Å²) in [5, 5.41) is 7.87. The third kappa shape index (κ3) is 3.66. The van der Waals surface area contributed by atoms with E-state index in [1.807, 2.05) is 13.8 Å². The van der Waals surface area contributed by atoms with Gasteiger partial charge in [0.15, 0.2) is 0 Å². The van der Waals surface area contributed by atoms with Gasteiger partial charge in [-0.25, -0.2) is 9.67 Å². The predicted octanol–water partition coefficient (Wildman–Crippen LogP) is 3.23. The topological polar surface area (TPSA) is 103 Å². The molecular formula is C18H21Cl2N5O2. The number of nitrogens with zero attached hydrogens (tertiary/aromatic N) is 3. The number of hydrogen-bond donors (Lipinski definition) is 2. The van der Waals surface area contributed by atoms with Gasteiger partial charge in [0, 0.05) is 5.92 Å². The maximum atomic E-state index is 12.8. The summed E-state index contributed by atoms with van der Waals surface area (Å²) >= 11 is 12.6. The van der Waals surface area contributed by atoms with E-state index in [0.717, 1.165) is 12.8 Å². The van der Waals surface area contributed by atoms with Gasteiger partial charge < -0.3 is 11.1 Å². The Bertz CT molecular complexity index is 868. The molecule has 0 spiro atoms. The summed E-state index contributed by atoms with van der Waals surface area (Å²) < 4.78 is 1.48. The second kappa shape index (κ2) is 7.48. The molecule has 1 fully saturated rings. The average molecular weight is 410 g/mol. The zero-order valence-corrected chi connectivity index (χ0v) is 16.6. The lowest BCUT2D eigenvalue weighted by Gasteiger charge is -2.25. The van der Waals surface area contributed by atoms with Crippen molar-refractivity contribution in [3.8, 4) is 5.69 Å². The fourth-order valence-electron chi connectivity index (χ4n) is 3.33. The summed E-state index contributed by atoms with van der Waals surface area (Å²) in [5.74, 6) is -0.634. The number of hydrogen-bond acceptors (Lipinski definition) is 4. The summed E-state index contributed by atoms with van der Waals surface area (Å²) in [4.78, 5) is 29.1. The van der Waals surface area contributed by atoms with E-state index < -0.39 is 17.4 Å². The fraction of sp³-hybridized carbons (Fsp3) is 0.444. The van der Waals surface area contributed by atoms with Gasteiger partial charge in [-0.15, -0.1) is 5.10 Å². The van der Waals surface area contributed by atoms with E-state index in [1.54, 1.807) is 18.2 Å². The average Bonchev–Trinajstić information content (AvgIpc) is 3.23. The van der Waals surface area contributed by atoms with Crippen LogP contribution in [0.5, 0.6) is 0 Å². The molecule has 1 aromatic heterocycles. The Morgan fingerprint density at radius 2 is 1.81 bits per heavy atom. The zero-order chi connectivity index (χ0) is 19.8. The van der Waals surface area contributed by atoms with Crippen LogP contribution in [0, 0.1) is 0 Å². The van der Waals surface area contributed by atoms with Gasteiger partial charge in [0.2, 0.25) is 11.7 Å². The smallest absolute Gasteiger partial charge is 0.291 e. The number of amides is 2. The normalized spacial score (nSPS) is 15.9. The Morgan fingerprint density at radius 3 is 2.33 bits per heavy atom. The highest BCUT2D eigenvalue weighted by atomic mass is 35.5. The third-order valence-corrected chi connectivity index (χ3v) is 5.39. The summed E-state index contributed by atoms with van der Waals surface area (Å²) in [6.07, 6.45) is 2.69. The van der Waals surface area contributed by atoms with E-state index >= 15 is 0 Å². The summed E-state index contributed by atoms with van der Waals surface area (Å²) in [5.41, 5.74) is 4.96. The van der Waals surface area contributed by atoms with Crippen LogP contribution in [-0.4, -0.2) is 32.1 Å². The number of benzene rings is 1. The van der Waals surface area contributed by atoms with Crippen LogP contribution >= 0.6 is 23.2 Å². The van der Waals surface area contributed by atoms with Crippen LogP contribution in [0.1, 0.15) is 61.9 Å². The lowest BCUT2D eigenvalue weighted by Crippen LogP contribution is -2.55. The van der Waals surface area contributed by atoms with Crippen molar-refractivity contribution in [3.05, 3.63) is 39.9 Å². The molecular weight excluding hydrogens is 389 g/mol. The molecule has 0 unspecified atom stereocenters. The second-order valence-electron chi connectivity index (χ2n) is 7.04. The van der Waals surface area contributed by atoms with Crippen molar-refractivity contribution in [1.82, 2.24) is 20.1 Å². The van der Waals surface area contributed by atoms with Crippen LogP contribution in [0.3, 0.4) is 0 Å². The Morgan fingerprint density at radius 1 is 1.22 bits per heavy atom. The second-order valence-corrected chi connectivity index (χ2v) is 7.85. The van der Waals surface area contributed by atoms with Crippen LogP contribution in [0.15, 0.2) is 18.2 Å². The largest absolute Gasteiger partial charge is 0.368 e. The lowest BCUT2D eigenvalue weighted by molar-refractivity contribution is -0.123. The van der Waals surface area contributed by atoms with E-state index in [4.69, 9.17) is 28.9 Å². The van der Waals surface area contributed by atoms with Crippen LogP contribution in [-0.2, 0) is 4.79 Å². The number of para-hydroxylation sites is 1. The molecule has 3 rings (SSSR count). The number of halogens is 2. The van der Waals surface area contributed by atoms with Crippen LogP contribution in [0.25, 0.3) is 5.69 Å². The Balaban J connectivity index is 2.00. The minimum atomic E-state index is -1.04. The molecule has 1 aliphatic rings. The Kier molecular flexibility index (Phi) is 5.44. The first-order chi connectivity index (χ1) is 12.7. The van der Waals surface area contributed by atoms with Gasteiger partial charge in [0.1, 0.15) is 17.1 Å². The molecule has 0 atom stereocenters. The molecule has 1 aliphatic carbocycles. The fourth-order valence-corrected chi connectivity index (χ4v) is 3.89. The van der Waals surface area contributed by atoms with Crippen LogP contribution < -0.4 is 11.1 Å². The quantitative estimate of drug-likeness (QED) is 0.790. The van der Waals surface area contributed by atoms with Gasteiger partial charge in [0.05, 0.1) is 10.0 Å². The molecule has 0 bridgehead atoms. The van der Waals surface area contributed by atoms with E-state index in [-0.39, 0.29) is 11.7 Å². The molecule has 1 saturated carbocycles. The zero-order valence-electron chi connectivity index (χ0n) is 15.1. The molecule has 7 nitrogen and oxygen atoms in total. The van der Waals surface area contributed by atoms with Gasteiger partial charge >= 0.3 is 0 Å². The SMILES string of the molecule is CC(C)c1nc(C(=O)NC2(C(N)=O)CCCC2)nn1-c1c(Cl)cccc1Cl. The van der Waals surface area contributed by atoms with Crippen molar-refractivity contribution in [2.45, 2.75) is 51.0 Å². The van der Waals surface area contributed by atoms with Crippen molar-refractivity contribution in [1.29, 1.82) is 0 Å². The van der Waals surface area contributed by atoms with Gasteiger partial charge in [-0.1, -0.05) is 56.0 Å². The van der Waals surface area contributed by atoms with E-state index in [9.17, 15) is 9.59 Å². The lowest BCUT2D eigenvalue weighted by atomic mass is 9.96. The number of aromatic nitrogens is 3. The minimum Gasteiger partial charge on any atom is -0.368 e. The van der Waals surface area contributed by atoms with E-state index in [0.29, 0.717) is 34.4 Å². The minimum absolute atomic E-state index is 0.0389. The first-order valence-electron chi connectivity index (χ1n) is 8.79. The Hall–Kier alpha value is -2.12. The van der Waals surface area contributed by atoms with Crippen molar-refractivity contribution < 1.29 is 9.59 Å².